The van der Waals surface area contributed by atoms with Crippen LogP contribution in [-0.2, 0) is 6.61 Å². The molecule has 1 aromatic carbocycles. The highest BCUT2D eigenvalue weighted by Gasteiger charge is 2.10. The van der Waals surface area contributed by atoms with Crippen LogP contribution in [-0.4, -0.2) is 10.2 Å². The number of aromatic hydroxyl groups is 1. The number of benzene rings is 1. The van der Waals surface area contributed by atoms with Gasteiger partial charge in [0.1, 0.15) is 5.82 Å². The number of rotatable bonds is 1. The number of hydrogen-bond donors (Lipinski definition) is 2. The third kappa shape index (κ3) is 1.30. The van der Waals surface area contributed by atoms with Crippen LogP contribution in [0.2, 0.25) is 0 Å². The van der Waals surface area contributed by atoms with Gasteiger partial charge in [0.05, 0.1) is 12.2 Å². The molecule has 0 aliphatic rings. The van der Waals surface area contributed by atoms with Crippen molar-refractivity contribution >= 4 is 0 Å². The van der Waals surface area contributed by atoms with Crippen LogP contribution in [0.5, 0.6) is 5.75 Å². The molecule has 0 aliphatic carbocycles. The van der Waals surface area contributed by atoms with Gasteiger partial charge >= 0.3 is 0 Å². The maximum absolute atomic E-state index is 12.5. The first-order chi connectivity index (χ1) is 5.16. The molecule has 0 bridgehead atoms. The fourth-order valence-corrected chi connectivity index (χ4v) is 0.734. The predicted molar refractivity (Wildman–Crippen MR) is 33.9 cm³/mol. The Bertz CT molecular complexity index is 273. The molecule has 0 amide bonds. The van der Waals surface area contributed by atoms with Crippen molar-refractivity contribution < 1.29 is 19.0 Å². The molecule has 0 heterocycles. The minimum Gasteiger partial charge on any atom is -0.504 e. The van der Waals surface area contributed by atoms with Gasteiger partial charge in [-0.15, -0.1) is 0 Å². The zero-order valence-electron chi connectivity index (χ0n) is 5.51. The lowest BCUT2D eigenvalue weighted by molar-refractivity contribution is 0.266. The summed E-state index contributed by atoms with van der Waals surface area (Å²) >= 11 is 0. The zero-order chi connectivity index (χ0) is 8.43. The van der Waals surface area contributed by atoms with E-state index >= 15 is 0 Å². The molecule has 0 unspecified atom stereocenters. The molecule has 0 spiro atoms. The minimum atomic E-state index is -0.935. The first-order valence-corrected chi connectivity index (χ1v) is 2.93. The van der Waals surface area contributed by atoms with E-state index in [0.717, 1.165) is 12.1 Å². The van der Waals surface area contributed by atoms with Gasteiger partial charge in [-0.2, -0.15) is 0 Å². The Labute approximate surface area is 61.7 Å². The maximum Gasteiger partial charge on any atom is 0.165 e. The Balaban J connectivity index is 3.29. The van der Waals surface area contributed by atoms with Crippen LogP contribution < -0.4 is 0 Å². The lowest BCUT2D eigenvalue weighted by Gasteiger charge is -2.02. The fourth-order valence-electron chi connectivity index (χ4n) is 0.734. The molecular formula is C7H6F2O2. The van der Waals surface area contributed by atoms with Crippen LogP contribution in [0.15, 0.2) is 12.1 Å². The second-order valence-electron chi connectivity index (χ2n) is 2.01. The molecule has 1 rings (SSSR count). The highest BCUT2D eigenvalue weighted by atomic mass is 19.1. The molecule has 0 saturated heterocycles. The van der Waals surface area contributed by atoms with Crippen molar-refractivity contribution in [1.29, 1.82) is 0 Å². The lowest BCUT2D eigenvalue weighted by atomic mass is 10.2. The molecule has 2 N–H and O–H groups in total. The van der Waals surface area contributed by atoms with Crippen molar-refractivity contribution in [3.05, 3.63) is 29.3 Å². The summed E-state index contributed by atoms with van der Waals surface area (Å²) < 4.78 is 25.0. The second-order valence-corrected chi connectivity index (χ2v) is 2.01. The van der Waals surface area contributed by atoms with Gasteiger partial charge in [-0.1, -0.05) is 0 Å². The van der Waals surface area contributed by atoms with Crippen molar-refractivity contribution in [1.82, 2.24) is 0 Å². The summed E-state index contributed by atoms with van der Waals surface area (Å²) in [5, 5.41) is 17.3. The monoisotopic (exact) mass is 160 g/mol. The fraction of sp³-hybridized carbons (Fsp3) is 0.143. The normalized spacial score (nSPS) is 10.1. The van der Waals surface area contributed by atoms with Gasteiger partial charge in [0.15, 0.2) is 11.6 Å². The quantitative estimate of drug-likeness (QED) is 0.647. The summed E-state index contributed by atoms with van der Waals surface area (Å²) in [6.45, 7) is -0.713. The Morgan fingerprint density at radius 1 is 1.18 bits per heavy atom. The van der Waals surface area contributed by atoms with Gasteiger partial charge in [-0.25, -0.2) is 8.78 Å². The summed E-state index contributed by atoms with van der Waals surface area (Å²) in [6, 6.07) is 1.64. The van der Waals surface area contributed by atoms with Crippen LogP contribution >= 0.6 is 0 Å². The molecule has 0 aromatic heterocycles. The van der Waals surface area contributed by atoms with Gasteiger partial charge in [-0.05, 0) is 12.1 Å². The SMILES string of the molecule is OCc1c(F)ccc(F)c1O. The van der Waals surface area contributed by atoms with E-state index in [9.17, 15) is 8.78 Å². The number of aliphatic hydroxyl groups is 1. The smallest absolute Gasteiger partial charge is 0.165 e. The van der Waals surface area contributed by atoms with Gasteiger partial charge in [0, 0.05) is 0 Å². The zero-order valence-corrected chi connectivity index (χ0v) is 5.51. The van der Waals surface area contributed by atoms with E-state index in [4.69, 9.17) is 10.2 Å². The van der Waals surface area contributed by atoms with Gasteiger partial charge in [0.25, 0.3) is 0 Å². The van der Waals surface area contributed by atoms with E-state index in [-0.39, 0.29) is 0 Å². The van der Waals surface area contributed by atoms with Gasteiger partial charge < -0.3 is 10.2 Å². The van der Waals surface area contributed by atoms with Crippen LogP contribution in [0.25, 0.3) is 0 Å². The van der Waals surface area contributed by atoms with Gasteiger partial charge in [0.2, 0.25) is 0 Å². The summed E-state index contributed by atoms with van der Waals surface area (Å²) in [4.78, 5) is 0. The molecule has 11 heavy (non-hydrogen) atoms. The number of hydrogen-bond acceptors (Lipinski definition) is 2. The van der Waals surface area contributed by atoms with E-state index in [2.05, 4.69) is 0 Å². The molecule has 2 nitrogen and oxygen atoms in total. The Morgan fingerprint density at radius 2 is 1.73 bits per heavy atom. The average molecular weight is 160 g/mol. The van der Waals surface area contributed by atoms with E-state index in [1.807, 2.05) is 0 Å². The maximum atomic E-state index is 12.5. The van der Waals surface area contributed by atoms with Crippen molar-refractivity contribution in [2.45, 2.75) is 6.61 Å². The van der Waals surface area contributed by atoms with Crippen molar-refractivity contribution in [3.63, 3.8) is 0 Å². The summed E-state index contributed by atoms with van der Waals surface area (Å²) in [6.07, 6.45) is 0. The Hall–Kier alpha value is -1.16. The predicted octanol–water partition coefficient (Wildman–Crippen LogP) is 1.16. The summed E-state index contributed by atoms with van der Waals surface area (Å²) in [5.41, 5.74) is -0.412. The minimum absolute atomic E-state index is 0.412. The number of phenols is 1. The van der Waals surface area contributed by atoms with Crippen molar-refractivity contribution in [3.8, 4) is 5.75 Å². The molecular weight excluding hydrogens is 154 g/mol. The highest BCUT2D eigenvalue weighted by molar-refractivity contribution is 5.34. The topological polar surface area (TPSA) is 40.5 Å². The van der Waals surface area contributed by atoms with Crippen LogP contribution in [0.3, 0.4) is 0 Å². The molecule has 0 fully saturated rings. The number of halogens is 2. The lowest BCUT2D eigenvalue weighted by Crippen LogP contribution is -1.92. The van der Waals surface area contributed by atoms with E-state index in [1.54, 1.807) is 0 Å². The second kappa shape index (κ2) is 2.84. The highest BCUT2D eigenvalue weighted by Crippen LogP contribution is 2.23. The molecule has 4 heteroatoms. The van der Waals surface area contributed by atoms with Crippen LogP contribution in [0.4, 0.5) is 8.78 Å². The molecule has 60 valence electrons. The van der Waals surface area contributed by atoms with Crippen LogP contribution in [0.1, 0.15) is 5.56 Å². The standard InChI is InChI=1S/C7H6F2O2/c8-5-1-2-6(9)7(11)4(5)3-10/h1-2,10-11H,3H2. The molecule has 0 saturated carbocycles. The summed E-state index contributed by atoms with van der Waals surface area (Å²) in [7, 11) is 0. The molecule has 0 atom stereocenters. The summed E-state index contributed by atoms with van der Waals surface area (Å²) in [5.74, 6) is -2.57. The third-order valence-electron chi connectivity index (χ3n) is 1.33. The third-order valence-corrected chi connectivity index (χ3v) is 1.33. The first-order valence-electron chi connectivity index (χ1n) is 2.93. The van der Waals surface area contributed by atoms with E-state index in [1.165, 1.54) is 0 Å². The molecule has 1 aromatic rings. The molecule has 0 aliphatic heterocycles. The largest absolute Gasteiger partial charge is 0.504 e. The molecule has 0 radical (unpaired) electrons. The van der Waals surface area contributed by atoms with Gasteiger partial charge in [-0.3, -0.25) is 0 Å². The van der Waals surface area contributed by atoms with Crippen LogP contribution in [0, 0.1) is 11.6 Å². The van der Waals surface area contributed by atoms with Crippen molar-refractivity contribution in [2.75, 3.05) is 0 Å². The Kier molecular flexibility index (Phi) is 2.05. The first kappa shape index (κ1) is 7.94. The Morgan fingerprint density at radius 3 is 2.18 bits per heavy atom. The average Bonchev–Trinajstić information content (AvgIpc) is 1.99. The van der Waals surface area contributed by atoms with E-state index < -0.39 is 29.6 Å². The van der Waals surface area contributed by atoms with E-state index in [0.29, 0.717) is 0 Å². The van der Waals surface area contributed by atoms with Crippen molar-refractivity contribution in [2.24, 2.45) is 0 Å². The number of aliphatic hydroxyl groups excluding tert-OH is 1.